The van der Waals surface area contributed by atoms with E-state index in [-0.39, 0.29) is 34.6 Å². The maximum atomic E-state index is 12.1. The van der Waals surface area contributed by atoms with E-state index in [1.54, 1.807) is 7.11 Å². The van der Waals surface area contributed by atoms with Gasteiger partial charge in [0, 0.05) is 23.3 Å². The normalized spacial score (nSPS) is 26.2. The topological polar surface area (TPSA) is 76.0 Å². The first-order valence-electron chi connectivity index (χ1n) is 8.19. The van der Waals surface area contributed by atoms with Gasteiger partial charge < -0.3 is 9.64 Å². The number of ether oxygens (including phenoxy) is 1. The van der Waals surface area contributed by atoms with E-state index in [0.717, 1.165) is 11.3 Å². The quantitative estimate of drug-likeness (QED) is 0.792. The molecule has 2 aliphatic rings. The average Bonchev–Trinajstić information content (AvgIpc) is 3.00. The zero-order valence-electron chi connectivity index (χ0n) is 14.5. The molecule has 0 radical (unpaired) electrons. The molecule has 0 aliphatic carbocycles. The predicted molar refractivity (Wildman–Crippen MR) is 99.6 cm³/mol. The Morgan fingerprint density at radius 1 is 1.36 bits per heavy atom. The number of hydrogen-bond donors (Lipinski definition) is 0. The third-order valence-corrected chi connectivity index (χ3v) is 7.66. The summed E-state index contributed by atoms with van der Waals surface area (Å²) in [5, 5.41) is 0.549. The van der Waals surface area contributed by atoms with Crippen molar-refractivity contribution in [2.75, 3.05) is 18.6 Å². The van der Waals surface area contributed by atoms with Crippen LogP contribution in [0.25, 0.3) is 0 Å². The second-order valence-electron chi connectivity index (χ2n) is 6.63. The molecule has 2 atom stereocenters. The number of sulfone groups is 1. The first-order chi connectivity index (χ1) is 11.8. The Labute approximate surface area is 152 Å². The smallest absolute Gasteiger partial charge is 0.250 e. The average molecular weight is 383 g/mol. The maximum Gasteiger partial charge on any atom is 0.250 e. The molecule has 0 saturated carbocycles. The molecule has 2 fully saturated rings. The molecule has 2 saturated heterocycles. The van der Waals surface area contributed by atoms with Gasteiger partial charge in [0.25, 0.3) is 5.91 Å². The number of benzene rings is 1. The van der Waals surface area contributed by atoms with Gasteiger partial charge in [-0.25, -0.2) is 8.42 Å². The lowest BCUT2D eigenvalue weighted by Gasteiger charge is -2.25. The van der Waals surface area contributed by atoms with Crippen LogP contribution in [0.3, 0.4) is 0 Å². The Bertz CT molecular complexity index is 805. The van der Waals surface area contributed by atoms with Gasteiger partial charge in [0.05, 0.1) is 24.7 Å². The number of hydrogen-bond acceptors (Lipinski definition) is 5. The fourth-order valence-corrected chi connectivity index (χ4v) is 7.02. The van der Waals surface area contributed by atoms with Gasteiger partial charge in [-0.05, 0) is 6.07 Å². The van der Waals surface area contributed by atoms with Gasteiger partial charge in [0.2, 0.25) is 0 Å². The number of nitrogens with zero attached hydrogens (tertiary/aromatic N) is 2. The number of rotatable bonds is 4. The standard InChI is InChI=1S/C17H22N2O4S2/c1-11(2)16(20)18-17-19(8-12-6-4-5-7-14(12)23-3)13-9-25(21,22)10-15(13)24-17/h4-7,11,13,15H,8-10H2,1-3H3/t13-,15+/m0/s1. The molecule has 1 aromatic carbocycles. The number of fused-ring (bicyclic) bond motifs is 1. The summed E-state index contributed by atoms with van der Waals surface area (Å²) in [4.78, 5) is 18.3. The minimum atomic E-state index is -3.05. The molecule has 0 unspecified atom stereocenters. The largest absolute Gasteiger partial charge is 0.496 e. The van der Waals surface area contributed by atoms with Crippen molar-refractivity contribution < 1.29 is 17.9 Å². The van der Waals surface area contributed by atoms with Crippen LogP contribution in [0.2, 0.25) is 0 Å². The van der Waals surface area contributed by atoms with Crippen molar-refractivity contribution in [3.8, 4) is 5.75 Å². The number of methoxy groups -OCH3 is 1. The predicted octanol–water partition coefficient (Wildman–Crippen LogP) is 1.95. The van der Waals surface area contributed by atoms with Crippen LogP contribution in [-0.4, -0.2) is 54.3 Å². The first kappa shape index (κ1) is 18.3. The highest BCUT2D eigenvalue weighted by molar-refractivity contribution is 8.15. The third kappa shape index (κ3) is 3.84. The van der Waals surface area contributed by atoms with Crippen LogP contribution in [0.4, 0.5) is 0 Å². The van der Waals surface area contributed by atoms with Crippen molar-refractivity contribution in [2.45, 2.75) is 31.7 Å². The minimum Gasteiger partial charge on any atom is -0.496 e. The highest BCUT2D eigenvalue weighted by atomic mass is 32.2. The van der Waals surface area contributed by atoms with Crippen LogP contribution in [0.1, 0.15) is 19.4 Å². The number of thioether (sulfide) groups is 1. The molecule has 0 N–H and O–H groups in total. The van der Waals surface area contributed by atoms with Gasteiger partial charge in [-0.1, -0.05) is 43.8 Å². The van der Waals surface area contributed by atoms with Gasteiger partial charge in [0.1, 0.15) is 5.75 Å². The number of amidine groups is 1. The lowest BCUT2D eigenvalue weighted by molar-refractivity contribution is -0.120. The molecule has 8 heteroatoms. The molecule has 3 rings (SSSR count). The maximum absolute atomic E-state index is 12.1. The van der Waals surface area contributed by atoms with Gasteiger partial charge in [-0.15, -0.1) is 0 Å². The van der Waals surface area contributed by atoms with E-state index in [1.165, 1.54) is 11.8 Å². The summed E-state index contributed by atoms with van der Waals surface area (Å²) >= 11 is 1.41. The molecule has 1 aromatic rings. The van der Waals surface area contributed by atoms with E-state index < -0.39 is 9.84 Å². The fraction of sp³-hybridized carbons (Fsp3) is 0.529. The van der Waals surface area contributed by atoms with Crippen molar-refractivity contribution in [1.29, 1.82) is 0 Å². The fourth-order valence-electron chi connectivity index (χ4n) is 3.06. The molecular weight excluding hydrogens is 360 g/mol. The van der Waals surface area contributed by atoms with Gasteiger partial charge in [-0.3, -0.25) is 4.79 Å². The number of para-hydroxylation sites is 1. The number of aliphatic imine (C=N–C) groups is 1. The highest BCUT2D eigenvalue weighted by Crippen LogP contribution is 2.39. The van der Waals surface area contributed by atoms with Crippen molar-refractivity contribution in [2.24, 2.45) is 10.9 Å². The molecule has 0 spiro atoms. The molecule has 136 valence electrons. The van der Waals surface area contributed by atoms with E-state index in [0.29, 0.717) is 11.7 Å². The number of carbonyl (C=O) groups is 1. The number of carbonyl (C=O) groups excluding carboxylic acids is 1. The van der Waals surface area contributed by atoms with E-state index in [4.69, 9.17) is 4.74 Å². The second-order valence-corrected chi connectivity index (χ2v) is 9.99. The van der Waals surface area contributed by atoms with Crippen LogP contribution in [0.15, 0.2) is 29.3 Å². The lowest BCUT2D eigenvalue weighted by Crippen LogP contribution is -2.37. The first-order valence-corrected chi connectivity index (χ1v) is 10.9. The van der Waals surface area contributed by atoms with Crippen molar-refractivity contribution in [3.63, 3.8) is 0 Å². The Morgan fingerprint density at radius 3 is 2.76 bits per heavy atom. The SMILES string of the molecule is COc1ccccc1CN1C(=NC(=O)C(C)C)S[C@@H]2CS(=O)(=O)C[C@@H]21. The molecule has 2 aliphatic heterocycles. The molecule has 2 heterocycles. The molecule has 1 amide bonds. The lowest BCUT2D eigenvalue weighted by atomic mass is 10.1. The molecule has 0 bridgehead atoms. The zero-order chi connectivity index (χ0) is 18.2. The monoisotopic (exact) mass is 382 g/mol. The van der Waals surface area contributed by atoms with E-state index in [9.17, 15) is 13.2 Å². The second kappa shape index (κ2) is 6.99. The van der Waals surface area contributed by atoms with E-state index in [1.807, 2.05) is 43.0 Å². The highest BCUT2D eigenvalue weighted by Gasteiger charge is 2.48. The zero-order valence-corrected chi connectivity index (χ0v) is 16.1. The van der Waals surface area contributed by atoms with Crippen molar-refractivity contribution in [3.05, 3.63) is 29.8 Å². The van der Waals surface area contributed by atoms with Crippen molar-refractivity contribution >= 4 is 32.7 Å². The Balaban J connectivity index is 1.93. The summed E-state index contributed by atoms with van der Waals surface area (Å²) in [5.41, 5.74) is 0.945. The number of amides is 1. The Morgan fingerprint density at radius 2 is 2.08 bits per heavy atom. The van der Waals surface area contributed by atoms with Gasteiger partial charge in [-0.2, -0.15) is 4.99 Å². The summed E-state index contributed by atoms with van der Waals surface area (Å²) < 4.78 is 29.5. The van der Waals surface area contributed by atoms with Crippen molar-refractivity contribution in [1.82, 2.24) is 4.90 Å². The summed E-state index contributed by atoms with van der Waals surface area (Å²) in [6, 6.07) is 7.47. The van der Waals surface area contributed by atoms with Gasteiger partial charge >= 0.3 is 0 Å². The summed E-state index contributed by atoms with van der Waals surface area (Å²) in [6.45, 7) is 4.08. The Kier molecular flexibility index (Phi) is 5.11. The Hall–Kier alpha value is -1.54. The molecule has 6 nitrogen and oxygen atoms in total. The summed E-state index contributed by atoms with van der Waals surface area (Å²) in [5.74, 6) is 0.612. The summed E-state index contributed by atoms with van der Waals surface area (Å²) in [7, 11) is -1.44. The van der Waals surface area contributed by atoms with E-state index >= 15 is 0 Å². The van der Waals surface area contributed by atoms with Crippen LogP contribution in [-0.2, 0) is 21.2 Å². The van der Waals surface area contributed by atoms with Crippen LogP contribution in [0, 0.1) is 5.92 Å². The molecule has 25 heavy (non-hydrogen) atoms. The van der Waals surface area contributed by atoms with Crippen LogP contribution in [0.5, 0.6) is 5.75 Å². The van der Waals surface area contributed by atoms with Gasteiger partial charge in [0.15, 0.2) is 15.0 Å². The van der Waals surface area contributed by atoms with E-state index in [2.05, 4.69) is 4.99 Å². The molecular formula is C17H22N2O4S2. The molecule has 0 aromatic heterocycles. The minimum absolute atomic E-state index is 0.0709. The summed E-state index contributed by atoms with van der Waals surface area (Å²) in [6.07, 6.45) is 0. The van der Waals surface area contributed by atoms with Crippen LogP contribution < -0.4 is 4.74 Å². The van der Waals surface area contributed by atoms with Crippen LogP contribution >= 0.6 is 11.8 Å². The third-order valence-electron chi connectivity index (χ3n) is 4.41.